The van der Waals surface area contributed by atoms with Crippen molar-refractivity contribution in [3.63, 3.8) is 0 Å². The molecular formula is C14H24N2O4. The lowest BCUT2D eigenvalue weighted by Crippen LogP contribution is -2.81. The van der Waals surface area contributed by atoms with Gasteiger partial charge in [0.25, 0.3) is 0 Å². The Kier molecular flexibility index (Phi) is 3.19. The Hall–Kier alpha value is -1.14. The minimum atomic E-state index is -1.29. The van der Waals surface area contributed by atoms with Crippen LogP contribution in [0.5, 0.6) is 0 Å². The summed E-state index contributed by atoms with van der Waals surface area (Å²) in [6.45, 7) is 7.45. The number of aliphatic carboxylic acids is 1. The molecule has 1 amide bonds. The van der Waals surface area contributed by atoms with Crippen molar-refractivity contribution in [3.05, 3.63) is 0 Å². The molecule has 0 spiro atoms. The zero-order chi connectivity index (χ0) is 15.5. The van der Waals surface area contributed by atoms with Crippen LogP contribution in [0.2, 0.25) is 0 Å². The molecule has 3 unspecified atom stereocenters. The number of nitrogens with two attached hydrogens (primary N) is 1. The second-order valence-corrected chi connectivity index (χ2v) is 7.01. The molecule has 0 bridgehead atoms. The molecule has 1 aliphatic carbocycles. The smallest absolute Gasteiger partial charge is 0.329 e. The summed E-state index contributed by atoms with van der Waals surface area (Å²) >= 11 is 0. The zero-order valence-electron chi connectivity index (χ0n) is 12.8. The predicted octanol–water partition coefficient (Wildman–Crippen LogP) is 0.450. The molecule has 1 aliphatic heterocycles. The molecule has 0 aromatic carbocycles. The minimum absolute atomic E-state index is 0.0159. The predicted molar refractivity (Wildman–Crippen MR) is 73.0 cm³/mol. The third-order valence-electron chi connectivity index (χ3n) is 5.47. The highest BCUT2D eigenvalue weighted by atomic mass is 16.5. The van der Waals surface area contributed by atoms with Crippen LogP contribution in [0.4, 0.5) is 0 Å². The van der Waals surface area contributed by atoms with Gasteiger partial charge in [0.05, 0.1) is 6.10 Å². The number of likely N-dealkylation sites (N-methyl/N-ethyl adjacent to an activating group) is 1. The number of carbonyl (C=O) groups excluding carboxylic acids is 1. The molecule has 6 nitrogen and oxygen atoms in total. The third kappa shape index (κ3) is 1.58. The largest absolute Gasteiger partial charge is 0.480 e. The molecule has 20 heavy (non-hydrogen) atoms. The van der Waals surface area contributed by atoms with Gasteiger partial charge in [-0.05, 0) is 20.3 Å². The molecule has 1 saturated heterocycles. The fourth-order valence-electron chi connectivity index (χ4n) is 3.49. The van der Waals surface area contributed by atoms with Gasteiger partial charge in [-0.3, -0.25) is 4.79 Å². The van der Waals surface area contributed by atoms with Crippen molar-refractivity contribution in [3.8, 4) is 0 Å². The Labute approximate surface area is 119 Å². The molecule has 114 valence electrons. The van der Waals surface area contributed by atoms with Gasteiger partial charge in [0.2, 0.25) is 5.91 Å². The summed E-state index contributed by atoms with van der Waals surface area (Å²) in [5, 5.41) is 9.28. The van der Waals surface area contributed by atoms with Crippen LogP contribution in [0.1, 0.15) is 34.1 Å². The first-order valence-electron chi connectivity index (χ1n) is 6.91. The number of ether oxygens (including phenoxy) is 1. The third-order valence-corrected chi connectivity index (χ3v) is 5.47. The number of hydrogen-bond acceptors (Lipinski definition) is 4. The number of carboxylic acids is 1. The van der Waals surface area contributed by atoms with Gasteiger partial charge in [0.1, 0.15) is 11.1 Å². The van der Waals surface area contributed by atoms with Crippen LogP contribution in [0, 0.1) is 11.3 Å². The van der Waals surface area contributed by atoms with Crippen molar-refractivity contribution < 1.29 is 19.4 Å². The second kappa shape index (κ2) is 4.18. The van der Waals surface area contributed by atoms with E-state index in [1.54, 1.807) is 0 Å². The zero-order valence-corrected chi connectivity index (χ0v) is 12.8. The van der Waals surface area contributed by atoms with E-state index in [0.29, 0.717) is 6.61 Å². The fourth-order valence-corrected chi connectivity index (χ4v) is 3.49. The maximum atomic E-state index is 12.8. The molecule has 0 radical (unpaired) electrons. The summed E-state index contributed by atoms with van der Waals surface area (Å²) in [5.41, 5.74) is 3.60. The summed E-state index contributed by atoms with van der Waals surface area (Å²) < 4.78 is 5.66. The quantitative estimate of drug-likeness (QED) is 0.785. The van der Waals surface area contributed by atoms with Gasteiger partial charge in [-0.2, -0.15) is 0 Å². The highest BCUT2D eigenvalue weighted by Crippen LogP contribution is 2.58. The SMILES string of the molecule is CN(C(=O)C1(N)C2CCOC2C1(C)C)C(C)(C)C(=O)O. The van der Waals surface area contributed by atoms with Crippen molar-refractivity contribution in [2.75, 3.05) is 13.7 Å². The standard InChI is InChI=1S/C14H24N2O4/c1-12(2)9-8(6-7-20-9)14(12,15)10(17)16(5)13(3,4)11(18)19/h8-9H,6-7,15H2,1-5H3,(H,18,19). The van der Waals surface area contributed by atoms with Crippen molar-refractivity contribution >= 4 is 11.9 Å². The number of nitrogens with zero attached hydrogens (tertiary/aromatic N) is 1. The van der Waals surface area contributed by atoms with Gasteiger partial charge in [-0.15, -0.1) is 0 Å². The van der Waals surface area contributed by atoms with E-state index in [1.165, 1.54) is 25.8 Å². The number of hydrogen-bond donors (Lipinski definition) is 2. The van der Waals surface area contributed by atoms with Gasteiger partial charge < -0.3 is 20.5 Å². The van der Waals surface area contributed by atoms with Crippen LogP contribution in [-0.2, 0) is 14.3 Å². The average molecular weight is 284 g/mol. The molecule has 1 heterocycles. The lowest BCUT2D eigenvalue weighted by atomic mass is 9.47. The average Bonchev–Trinajstić information content (AvgIpc) is 2.83. The lowest BCUT2D eigenvalue weighted by Gasteiger charge is -2.62. The number of carbonyl (C=O) groups is 2. The fraction of sp³-hybridized carbons (Fsp3) is 0.857. The van der Waals surface area contributed by atoms with Crippen molar-refractivity contribution in [2.24, 2.45) is 17.1 Å². The summed E-state index contributed by atoms with van der Waals surface area (Å²) in [6.07, 6.45) is 0.732. The number of rotatable bonds is 3. The Morgan fingerprint density at radius 1 is 1.40 bits per heavy atom. The van der Waals surface area contributed by atoms with E-state index in [2.05, 4.69) is 0 Å². The monoisotopic (exact) mass is 284 g/mol. The first kappa shape index (κ1) is 15.3. The molecular weight excluding hydrogens is 260 g/mol. The summed E-state index contributed by atoms with van der Waals surface area (Å²) in [4.78, 5) is 25.4. The topological polar surface area (TPSA) is 92.9 Å². The molecule has 6 heteroatoms. The van der Waals surface area contributed by atoms with Crippen LogP contribution < -0.4 is 5.73 Å². The maximum Gasteiger partial charge on any atom is 0.329 e. The van der Waals surface area contributed by atoms with E-state index in [1.807, 2.05) is 13.8 Å². The van der Waals surface area contributed by atoms with Gasteiger partial charge in [-0.25, -0.2) is 4.79 Å². The molecule has 3 atom stereocenters. The van der Waals surface area contributed by atoms with Crippen LogP contribution in [-0.4, -0.2) is 52.7 Å². The van der Waals surface area contributed by atoms with Crippen LogP contribution >= 0.6 is 0 Å². The van der Waals surface area contributed by atoms with E-state index in [4.69, 9.17) is 10.5 Å². The maximum absolute atomic E-state index is 12.8. The van der Waals surface area contributed by atoms with Crippen LogP contribution in [0.15, 0.2) is 0 Å². The van der Waals surface area contributed by atoms with Gasteiger partial charge in [-0.1, -0.05) is 13.8 Å². The summed E-state index contributed by atoms with van der Waals surface area (Å²) in [7, 11) is 1.50. The molecule has 2 aliphatic rings. The molecule has 0 aromatic heterocycles. The van der Waals surface area contributed by atoms with Gasteiger partial charge in [0.15, 0.2) is 0 Å². The van der Waals surface area contributed by atoms with Crippen LogP contribution in [0.3, 0.4) is 0 Å². The Morgan fingerprint density at radius 3 is 2.45 bits per heavy atom. The second-order valence-electron chi connectivity index (χ2n) is 7.01. The Morgan fingerprint density at radius 2 is 1.95 bits per heavy atom. The van der Waals surface area contributed by atoms with Gasteiger partial charge >= 0.3 is 5.97 Å². The van der Waals surface area contributed by atoms with Crippen molar-refractivity contribution in [1.82, 2.24) is 4.90 Å². The first-order chi connectivity index (χ1) is 8.99. The minimum Gasteiger partial charge on any atom is -0.480 e. The Balaban J connectivity index is 2.31. The van der Waals surface area contributed by atoms with Crippen molar-refractivity contribution in [1.29, 1.82) is 0 Å². The highest BCUT2D eigenvalue weighted by Gasteiger charge is 2.72. The van der Waals surface area contributed by atoms with Crippen LogP contribution in [0.25, 0.3) is 0 Å². The number of carboxylic acid groups (broad SMARTS) is 1. The van der Waals surface area contributed by atoms with E-state index in [9.17, 15) is 14.7 Å². The number of fused-ring (bicyclic) bond motifs is 1. The lowest BCUT2D eigenvalue weighted by molar-refractivity contribution is -0.189. The molecule has 2 rings (SSSR count). The van der Waals surface area contributed by atoms with E-state index < -0.39 is 22.5 Å². The van der Waals surface area contributed by atoms with Crippen molar-refractivity contribution in [2.45, 2.75) is 51.3 Å². The Bertz CT molecular complexity index is 460. The first-order valence-corrected chi connectivity index (χ1v) is 6.91. The van der Waals surface area contributed by atoms with E-state index in [-0.39, 0.29) is 17.9 Å². The molecule has 3 N–H and O–H groups in total. The number of amides is 1. The van der Waals surface area contributed by atoms with E-state index in [0.717, 1.165) is 6.42 Å². The molecule has 1 saturated carbocycles. The molecule has 0 aromatic rings. The summed E-state index contributed by atoms with van der Waals surface area (Å²) in [6, 6.07) is 0. The normalized spacial score (nSPS) is 35.1. The molecule has 2 fully saturated rings. The summed E-state index contributed by atoms with van der Waals surface area (Å²) in [5.74, 6) is -1.40. The highest BCUT2D eigenvalue weighted by molar-refractivity contribution is 5.93. The van der Waals surface area contributed by atoms with Gasteiger partial charge in [0, 0.05) is 25.0 Å². The van der Waals surface area contributed by atoms with E-state index >= 15 is 0 Å².